The average Bonchev–Trinajstić information content (AvgIpc) is 2.28. The second-order valence-electron chi connectivity index (χ2n) is 3.86. The molecule has 18 heavy (non-hydrogen) atoms. The first-order valence-corrected chi connectivity index (χ1v) is 7.75. The highest BCUT2D eigenvalue weighted by Gasteiger charge is 2.16. The predicted octanol–water partition coefficient (Wildman–Crippen LogP) is 2.88. The molecule has 6 heteroatoms. The van der Waals surface area contributed by atoms with Crippen LogP contribution in [0.5, 0.6) is 0 Å². The van der Waals surface area contributed by atoms with Crippen LogP contribution in [0.2, 0.25) is 5.02 Å². The molecule has 1 aromatic rings. The summed E-state index contributed by atoms with van der Waals surface area (Å²) in [5, 5.41) is 0.0540. The summed E-state index contributed by atoms with van der Waals surface area (Å²) in [7, 11) is -3.10. The molecule has 0 aliphatic rings. The van der Waals surface area contributed by atoms with E-state index in [9.17, 15) is 17.6 Å². The third-order valence-corrected chi connectivity index (χ3v) is 4.65. The van der Waals surface area contributed by atoms with Crippen molar-refractivity contribution >= 4 is 27.2 Å². The Kier molecular flexibility index (Phi) is 5.28. The number of benzene rings is 1. The van der Waals surface area contributed by atoms with Crippen molar-refractivity contribution < 1.29 is 17.6 Å². The lowest BCUT2D eigenvalue weighted by Crippen LogP contribution is -2.11. The zero-order valence-electron chi connectivity index (χ0n) is 9.95. The second kappa shape index (κ2) is 6.29. The van der Waals surface area contributed by atoms with E-state index in [2.05, 4.69) is 0 Å². The first-order valence-electron chi connectivity index (χ1n) is 5.55. The minimum atomic E-state index is -3.10. The second-order valence-corrected chi connectivity index (χ2v) is 6.74. The molecule has 0 saturated carbocycles. The van der Waals surface area contributed by atoms with Gasteiger partial charge in [0.2, 0.25) is 0 Å². The van der Waals surface area contributed by atoms with Gasteiger partial charge in [-0.2, -0.15) is 0 Å². The van der Waals surface area contributed by atoms with Crippen molar-refractivity contribution in [2.75, 3.05) is 11.5 Å². The molecular weight excluding hydrogens is 279 g/mol. The Morgan fingerprint density at radius 3 is 2.61 bits per heavy atom. The maximum Gasteiger partial charge on any atom is 0.167 e. The van der Waals surface area contributed by atoms with Crippen LogP contribution in [0, 0.1) is 5.82 Å². The summed E-state index contributed by atoms with van der Waals surface area (Å²) in [5.74, 6) is -1.17. The van der Waals surface area contributed by atoms with E-state index in [-0.39, 0.29) is 34.9 Å². The number of Topliss-reactive ketones (excluding diaryl/α,β-unsaturated/α-hetero) is 1. The van der Waals surface area contributed by atoms with Crippen LogP contribution in [-0.2, 0) is 9.84 Å². The van der Waals surface area contributed by atoms with Gasteiger partial charge in [0.1, 0.15) is 15.7 Å². The lowest BCUT2D eigenvalue weighted by Gasteiger charge is -2.05. The number of halogens is 2. The Morgan fingerprint density at radius 2 is 2.06 bits per heavy atom. The van der Waals surface area contributed by atoms with Crippen LogP contribution in [0.3, 0.4) is 0 Å². The predicted molar refractivity (Wildman–Crippen MR) is 69.3 cm³/mol. The molecular formula is C12H14ClFO3S. The van der Waals surface area contributed by atoms with Gasteiger partial charge in [0.25, 0.3) is 0 Å². The van der Waals surface area contributed by atoms with Crippen molar-refractivity contribution in [2.45, 2.75) is 19.8 Å². The Bertz CT molecular complexity index is 520. The molecule has 0 unspecified atom stereocenters. The van der Waals surface area contributed by atoms with Crippen LogP contribution in [0.4, 0.5) is 4.39 Å². The molecule has 1 aromatic carbocycles. The number of sulfone groups is 1. The van der Waals surface area contributed by atoms with Gasteiger partial charge in [-0.05, 0) is 18.6 Å². The zero-order valence-corrected chi connectivity index (χ0v) is 11.5. The van der Waals surface area contributed by atoms with E-state index < -0.39 is 21.4 Å². The van der Waals surface area contributed by atoms with Gasteiger partial charge in [-0.15, -0.1) is 0 Å². The van der Waals surface area contributed by atoms with E-state index in [1.54, 1.807) is 6.92 Å². The monoisotopic (exact) mass is 292 g/mol. The molecule has 100 valence electrons. The van der Waals surface area contributed by atoms with Gasteiger partial charge < -0.3 is 0 Å². The lowest BCUT2D eigenvalue weighted by molar-refractivity contribution is 0.0978. The van der Waals surface area contributed by atoms with E-state index in [1.807, 2.05) is 0 Å². The Labute approximate surface area is 111 Å². The maximum atomic E-state index is 13.4. The van der Waals surface area contributed by atoms with Crippen LogP contribution in [0.15, 0.2) is 18.2 Å². The summed E-state index contributed by atoms with van der Waals surface area (Å²) >= 11 is 5.74. The average molecular weight is 293 g/mol. The fourth-order valence-corrected chi connectivity index (χ4v) is 2.63. The fraction of sp³-hybridized carbons (Fsp3) is 0.417. The van der Waals surface area contributed by atoms with Crippen LogP contribution in [-0.4, -0.2) is 25.7 Å². The number of ketones is 1. The lowest BCUT2D eigenvalue weighted by atomic mass is 10.1. The number of carbonyl (C=O) groups is 1. The van der Waals surface area contributed by atoms with Gasteiger partial charge in [-0.3, -0.25) is 4.79 Å². The highest BCUT2D eigenvalue weighted by Crippen LogP contribution is 2.21. The minimum Gasteiger partial charge on any atom is -0.294 e. The summed E-state index contributed by atoms with van der Waals surface area (Å²) in [6, 6.07) is 4.00. The molecule has 0 saturated heterocycles. The third-order valence-electron chi connectivity index (χ3n) is 2.54. The molecule has 1 rings (SSSR count). The maximum absolute atomic E-state index is 13.4. The van der Waals surface area contributed by atoms with Crippen molar-refractivity contribution in [2.24, 2.45) is 0 Å². The van der Waals surface area contributed by atoms with E-state index in [4.69, 9.17) is 11.6 Å². The number of carbonyl (C=O) groups excluding carboxylic acids is 1. The standard InChI is InChI=1S/C12H14ClFO3S/c1-2-18(16,17)8-4-7-11(15)12-9(13)5-3-6-10(12)14/h3,5-6H,2,4,7-8H2,1H3. The molecule has 0 N–H and O–H groups in total. The van der Waals surface area contributed by atoms with Crippen molar-refractivity contribution in [3.05, 3.63) is 34.6 Å². The van der Waals surface area contributed by atoms with Crippen LogP contribution in [0.1, 0.15) is 30.1 Å². The van der Waals surface area contributed by atoms with E-state index in [1.165, 1.54) is 12.1 Å². The molecule has 0 atom stereocenters. The van der Waals surface area contributed by atoms with Gasteiger partial charge in [0, 0.05) is 12.2 Å². The summed E-state index contributed by atoms with van der Waals surface area (Å²) in [4.78, 5) is 11.7. The topological polar surface area (TPSA) is 51.2 Å². The molecule has 3 nitrogen and oxygen atoms in total. The Hall–Kier alpha value is -0.940. The molecule has 0 aliphatic carbocycles. The van der Waals surface area contributed by atoms with Gasteiger partial charge in [-0.1, -0.05) is 24.6 Å². The molecule has 0 radical (unpaired) electrons. The Morgan fingerprint density at radius 1 is 1.39 bits per heavy atom. The molecule has 0 aliphatic heterocycles. The molecule has 0 aromatic heterocycles. The Balaban J connectivity index is 2.67. The summed E-state index contributed by atoms with van der Waals surface area (Å²) < 4.78 is 35.9. The summed E-state index contributed by atoms with van der Waals surface area (Å²) in [5.41, 5.74) is -0.159. The van der Waals surface area contributed by atoms with Crippen LogP contribution in [0.25, 0.3) is 0 Å². The highest BCUT2D eigenvalue weighted by atomic mass is 35.5. The minimum absolute atomic E-state index is 0.0279. The van der Waals surface area contributed by atoms with Gasteiger partial charge in [0.15, 0.2) is 5.78 Å². The number of rotatable bonds is 6. The van der Waals surface area contributed by atoms with Crippen molar-refractivity contribution in [1.29, 1.82) is 0 Å². The van der Waals surface area contributed by atoms with Gasteiger partial charge in [0.05, 0.1) is 16.3 Å². The number of hydrogen-bond donors (Lipinski definition) is 0. The largest absolute Gasteiger partial charge is 0.294 e. The molecule has 0 spiro atoms. The smallest absolute Gasteiger partial charge is 0.167 e. The van der Waals surface area contributed by atoms with Gasteiger partial charge >= 0.3 is 0 Å². The van der Waals surface area contributed by atoms with Crippen molar-refractivity contribution in [3.8, 4) is 0 Å². The van der Waals surface area contributed by atoms with E-state index in [0.717, 1.165) is 6.07 Å². The third kappa shape index (κ3) is 4.07. The van der Waals surface area contributed by atoms with Crippen LogP contribution >= 0.6 is 11.6 Å². The quantitative estimate of drug-likeness (QED) is 0.758. The zero-order chi connectivity index (χ0) is 13.8. The SMILES string of the molecule is CCS(=O)(=O)CCCC(=O)c1c(F)cccc1Cl. The normalized spacial score (nSPS) is 11.5. The van der Waals surface area contributed by atoms with Crippen molar-refractivity contribution in [3.63, 3.8) is 0 Å². The summed E-state index contributed by atoms with van der Waals surface area (Å²) in [6.07, 6.45) is 0.152. The summed E-state index contributed by atoms with van der Waals surface area (Å²) in [6.45, 7) is 1.55. The molecule has 0 amide bonds. The first-order chi connectivity index (χ1) is 8.37. The number of hydrogen-bond acceptors (Lipinski definition) is 3. The van der Waals surface area contributed by atoms with Crippen LogP contribution < -0.4 is 0 Å². The molecule has 0 heterocycles. The first kappa shape index (κ1) is 15.1. The fourth-order valence-electron chi connectivity index (χ4n) is 1.49. The molecule has 0 bridgehead atoms. The van der Waals surface area contributed by atoms with E-state index in [0.29, 0.717) is 0 Å². The van der Waals surface area contributed by atoms with Gasteiger partial charge in [-0.25, -0.2) is 12.8 Å². The van der Waals surface area contributed by atoms with E-state index >= 15 is 0 Å². The molecule has 0 fully saturated rings. The highest BCUT2D eigenvalue weighted by molar-refractivity contribution is 7.91. The van der Waals surface area contributed by atoms with Crippen molar-refractivity contribution in [1.82, 2.24) is 0 Å².